The van der Waals surface area contributed by atoms with Gasteiger partial charge in [-0.3, -0.25) is 0 Å². The fraction of sp³-hybridized carbons (Fsp3) is 0.333. The third-order valence-corrected chi connectivity index (χ3v) is 2.88. The Morgan fingerprint density at radius 2 is 1.86 bits per heavy atom. The van der Waals surface area contributed by atoms with E-state index in [1.807, 2.05) is 30.3 Å². The van der Waals surface area contributed by atoms with Crippen LogP contribution in [0.5, 0.6) is 5.75 Å². The summed E-state index contributed by atoms with van der Waals surface area (Å²) >= 11 is 0. The van der Waals surface area contributed by atoms with E-state index < -0.39 is 0 Å². The molecule has 21 heavy (non-hydrogen) atoms. The van der Waals surface area contributed by atoms with Crippen LogP contribution in [0, 0.1) is 0 Å². The van der Waals surface area contributed by atoms with Gasteiger partial charge in [-0.1, -0.05) is 12.1 Å². The summed E-state index contributed by atoms with van der Waals surface area (Å²) in [7, 11) is 3.33. The summed E-state index contributed by atoms with van der Waals surface area (Å²) in [6, 6.07) is 9.70. The zero-order chi connectivity index (χ0) is 14.9. The molecule has 0 fully saturated rings. The van der Waals surface area contributed by atoms with Crippen molar-refractivity contribution >= 4 is 11.8 Å². The largest absolute Gasteiger partial charge is 0.497 e. The second-order valence-corrected chi connectivity index (χ2v) is 4.39. The van der Waals surface area contributed by atoms with Crippen LogP contribution in [0.2, 0.25) is 0 Å². The van der Waals surface area contributed by atoms with E-state index in [0.717, 1.165) is 17.1 Å². The van der Waals surface area contributed by atoms with Crippen LogP contribution in [0.15, 0.2) is 36.5 Å². The van der Waals surface area contributed by atoms with Crippen LogP contribution >= 0.6 is 0 Å². The molecule has 0 aliphatic heterocycles. The molecule has 0 bridgehead atoms. The van der Waals surface area contributed by atoms with Crippen LogP contribution in [0.4, 0.5) is 11.8 Å². The highest BCUT2D eigenvalue weighted by Gasteiger charge is 2.00. The van der Waals surface area contributed by atoms with E-state index in [-0.39, 0.29) is 0 Å². The van der Waals surface area contributed by atoms with Gasteiger partial charge in [0.1, 0.15) is 11.6 Å². The standard InChI is InChI=1S/C15H20N4O2/c1-20-10-9-16-14-7-8-17-15(19-14)18-11-12-3-5-13(21-2)6-4-12/h3-8H,9-11H2,1-2H3,(H2,16,17,18,19). The van der Waals surface area contributed by atoms with Gasteiger partial charge >= 0.3 is 0 Å². The Hall–Kier alpha value is -2.34. The molecule has 6 nitrogen and oxygen atoms in total. The topological polar surface area (TPSA) is 68.3 Å². The SMILES string of the molecule is COCCNc1ccnc(NCc2ccc(OC)cc2)n1. The van der Waals surface area contributed by atoms with Gasteiger partial charge in [-0.25, -0.2) is 4.98 Å². The van der Waals surface area contributed by atoms with Crippen LogP contribution in [0.1, 0.15) is 5.56 Å². The van der Waals surface area contributed by atoms with Gasteiger partial charge in [0.25, 0.3) is 0 Å². The van der Waals surface area contributed by atoms with E-state index in [0.29, 0.717) is 25.6 Å². The van der Waals surface area contributed by atoms with Crippen molar-refractivity contribution in [2.45, 2.75) is 6.54 Å². The third-order valence-electron chi connectivity index (χ3n) is 2.88. The number of methoxy groups -OCH3 is 2. The fourth-order valence-corrected chi connectivity index (χ4v) is 1.75. The molecule has 1 aromatic carbocycles. The number of ether oxygens (including phenoxy) is 2. The summed E-state index contributed by atoms with van der Waals surface area (Å²) in [5.74, 6) is 2.21. The third kappa shape index (κ3) is 4.92. The van der Waals surface area contributed by atoms with Gasteiger partial charge < -0.3 is 20.1 Å². The second kappa shape index (κ2) is 8.06. The number of hydrogen-bond donors (Lipinski definition) is 2. The van der Waals surface area contributed by atoms with E-state index in [9.17, 15) is 0 Å². The van der Waals surface area contributed by atoms with Crippen molar-refractivity contribution < 1.29 is 9.47 Å². The number of hydrogen-bond acceptors (Lipinski definition) is 6. The first kappa shape index (κ1) is 15.1. The van der Waals surface area contributed by atoms with Gasteiger partial charge in [-0.15, -0.1) is 0 Å². The molecular weight excluding hydrogens is 268 g/mol. The molecule has 0 spiro atoms. The lowest BCUT2D eigenvalue weighted by atomic mass is 10.2. The average molecular weight is 288 g/mol. The molecule has 6 heteroatoms. The average Bonchev–Trinajstić information content (AvgIpc) is 2.54. The Balaban J connectivity index is 1.88. The summed E-state index contributed by atoms with van der Waals surface area (Å²) in [6.07, 6.45) is 1.72. The Labute approximate surface area is 124 Å². The van der Waals surface area contributed by atoms with Gasteiger partial charge in [0, 0.05) is 26.4 Å². The summed E-state index contributed by atoms with van der Waals surface area (Å²) in [4.78, 5) is 8.58. The predicted octanol–water partition coefficient (Wildman–Crippen LogP) is 2.16. The maximum atomic E-state index is 5.13. The molecule has 0 radical (unpaired) electrons. The normalized spacial score (nSPS) is 10.2. The van der Waals surface area contributed by atoms with Crippen LogP contribution in [-0.2, 0) is 11.3 Å². The quantitative estimate of drug-likeness (QED) is 0.726. The van der Waals surface area contributed by atoms with Crippen LogP contribution < -0.4 is 15.4 Å². The number of nitrogens with one attached hydrogen (secondary N) is 2. The number of aromatic nitrogens is 2. The molecular formula is C15H20N4O2. The minimum atomic E-state index is 0.591. The van der Waals surface area contributed by atoms with Crippen LogP contribution in [0.25, 0.3) is 0 Å². The number of benzene rings is 1. The maximum absolute atomic E-state index is 5.13. The molecule has 0 saturated carbocycles. The lowest BCUT2D eigenvalue weighted by Crippen LogP contribution is -2.10. The molecule has 0 amide bonds. The molecule has 0 saturated heterocycles. The molecule has 1 heterocycles. The van der Waals surface area contributed by atoms with E-state index in [4.69, 9.17) is 9.47 Å². The lowest BCUT2D eigenvalue weighted by molar-refractivity contribution is 0.210. The van der Waals surface area contributed by atoms with Gasteiger partial charge in [0.05, 0.1) is 13.7 Å². The summed E-state index contributed by atoms with van der Waals surface area (Å²) in [5, 5.41) is 6.36. The molecule has 112 valence electrons. The highest BCUT2D eigenvalue weighted by molar-refractivity contribution is 5.40. The summed E-state index contributed by atoms with van der Waals surface area (Å²) in [6.45, 7) is 2.01. The molecule has 0 unspecified atom stereocenters. The van der Waals surface area contributed by atoms with Crippen molar-refractivity contribution in [2.24, 2.45) is 0 Å². The minimum Gasteiger partial charge on any atom is -0.497 e. The lowest BCUT2D eigenvalue weighted by Gasteiger charge is -2.08. The highest BCUT2D eigenvalue weighted by Crippen LogP contribution is 2.12. The summed E-state index contributed by atoms with van der Waals surface area (Å²) in [5.41, 5.74) is 1.14. The van der Waals surface area contributed by atoms with Crippen LogP contribution in [-0.4, -0.2) is 37.3 Å². The predicted molar refractivity (Wildman–Crippen MR) is 82.7 cm³/mol. The van der Waals surface area contributed by atoms with Gasteiger partial charge in [0.15, 0.2) is 0 Å². The minimum absolute atomic E-state index is 0.591. The zero-order valence-corrected chi connectivity index (χ0v) is 12.3. The molecule has 1 aromatic heterocycles. The number of rotatable bonds is 8. The van der Waals surface area contributed by atoms with Crippen molar-refractivity contribution in [3.63, 3.8) is 0 Å². The maximum Gasteiger partial charge on any atom is 0.224 e. The van der Waals surface area contributed by atoms with Gasteiger partial charge in [-0.05, 0) is 23.8 Å². The van der Waals surface area contributed by atoms with E-state index in [1.165, 1.54) is 0 Å². The Bertz CT molecular complexity index is 546. The molecule has 2 rings (SSSR count). The molecule has 2 aromatic rings. The highest BCUT2D eigenvalue weighted by atomic mass is 16.5. The smallest absolute Gasteiger partial charge is 0.224 e. The zero-order valence-electron chi connectivity index (χ0n) is 12.3. The Kier molecular flexibility index (Phi) is 5.78. The molecule has 0 aliphatic rings. The van der Waals surface area contributed by atoms with E-state index >= 15 is 0 Å². The van der Waals surface area contributed by atoms with Crippen molar-refractivity contribution in [2.75, 3.05) is 38.0 Å². The van der Waals surface area contributed by atoms with Crippen molar-refractivity contribution in [3.05, 3.63) is 42.1 Å². The first-order valence-corrected chi connectivity index (χ1v) is 6.74. The van der Waals surface area contributed by atoms with Crippen molar-refractivity contribution in [1.82, 2.24) is 9.97 Å². The summed E-state index contributed by atoms with van der Waals surface area (Å²) < 4.78 is 10.1. The monoisotopic (exact) mass is 288 g/mol. The fourth-order valence-electron chi connectivity index (χ4n) is 1.75. The van der Waals surface area contributed by atoms with E-state index in [1.54, 1.807) is 20.4 Å². The first-order chi connectivity index (χ1) is 10.3. The van der Waals surface area contributed by atoms with E-state index in [2.05, 4.69) is 20.6 Å². The number of anilines is 2. The van der Waals surface area contributed by atoms with Crippen molar-refractivity contribution in [1.29, 1.82) is 0 Å². The second-order valence-electron chi connectivity index (χ2n) is 4.39. The van der Waals surface area contributed by atoms with Gasteiger partial charge in [-0.2, -0.15) is 4.98 Å². The Morgan fingerprint density at radius 1 is 1.05 bits per heavy atom. The molecule has 0 aliphatic carbocycles. The Morgan fingerprint density at radius 3 is 2.57 bits per heavy atom. The molecule has 0 atom stereocenters. The van der Waals surface area contributed by atoms with Crippen LogP contribution in [0.3, 0.4) is 0 Å². The number of nitrogens with zero attached hydrogens (tertiary/aromatic N) is 2. The molecule has 2 N–H and O–H groups in total. The van der Waals surface area contributed by atoms with Gasteiger partial charge in [0.2, 0.25) is 5.95 Å². The first-order valence-electron chi connectivity index (χ1n) is 6.74. The van der Waals surface area contributed by atoms with Crippen molar-refractivity contribution in [3.8, 4) is 5.75 Å².